The molecule has 2 aromatic rings. The first-order valence-electron chi connectivity index (χ1n) is 7.11. The lowest BCUT2D eigenvalue weighted by atomic mass is 10.1. The number of nitrogens with zero attached hydrogens (tertiary/aromatic N) is 1. The second-order valence-corrected chi connectivity index (χ2v) is 6.88. The summed E-state index contributed by atoms with van der Waals surface area (Å²) in [5.41, 5.74) is 1.11. The second-order valence-electron chi connectivity index (χ2n) is 4.77. The summed E-state index contributed by atoms with van der Waals surface area (Å²) in [6.07, 6.45) is 6.40. The molecule has 1 atom stereocenters. The van der Waals surface area contributed by atoms with Gasteiger partial charge < -0.3 is 0 Å². The van der Waals surface area contributed by atoms with Crippen LogP contribution in [-0.2, 0) is 0 Å². The molecule has 0 fully saturated rings. The molecule has 0 aliphatic heterocycles. The van der Waals surface area contributed by atoms with E-state index in [0.717, 1.165) is 9.86 Å². The lowest BCUT2D eigenvalue weighted by molar-refractivity contribution is 0.523. The van der Waals surface area contributed by atoms with E-state index in [1.54, 1.807) is 23.3 Å². The van der Waals surface area contributed by atoms with Crippen LogP contribution in [0.1, 0.15) is 46.0 Å². The van der Waals surface area contributed by atoms with Gasteiger partial charge in [0, 0.05) is 6.04 Å². The maximum absolute atomic E-state index is 4.63. The fraction of sp³-hybridized carbons (Fsp3) is 0.533. The van der Waals surface area contributed by atoms with Crippen LogP contribution in [0.3, 0.4) is 0 Å². The van der Waals surface area contributed by atoms with Crippen molar-refractivity contribution in [2.75, 3.05) is 0 Å². The molecule has 1 aromatic carbocycles. The van der Waals surface area contributed by atoms with Crippen LogP contribution in [-0.4, -0.2) is 11.0 Å². The Labute approximate surface area is 124 Å². The largest absolute Gasteiger partial charge is 0.255 e. The molecule has 0 spiro atoms. The Morgan fingerprint density at radius 2 is 2.11 bits per heavy atom. The van der Waals surface area contributed by atoms with Crippen molar-refractivity contribution in [1.29, 1.82) is 0 Å². The molecule has 1 unspecified atom stereocenters. The second kappa shape index (κ2) is 7.88. The Morgan fingerprint density at radius 1 is 1.26 bits per heavy atom. The molecule has 4 heteroatoms. The van der Waals surface area contributed by atoms with Gasteiger partial charge in [-0.2, -0.15) is 0 Å². The van der Waals surface area contributed by atoms with E-state index in [1.165, 1.54) is 36.8 Å². The molecular weight excluding hydrogens is 272 g/mol. The minimum atomic E-state index is 0.601. The first kappa shape index (κ1) is 14.8. The monoisotopic (exact) mass is 294 g/mol. The number of hydrogen-bond donors (Lipinski definition) is 1. The number of thiazole rings is 1. The average Bonchev–Trinajstić information content (AvgIpc) is 2.85. The van der Waals surface area contributed by atoms with Crippen LogP contribution < -0.4 is 4.72 Å². The van der Waals surface area contributed by atoms with Gasteiger partial charge in [0.1, 0.15) is 0 Å². The van der Waals surface area contributed by atoms with Crippen molar-refractivity contribution in [3.05, 3.63) is 24.3 Å². The van der Waals surface area contributed by atoms with E-state index < -0.39 is 0 Å². The third kappa shape index (κ3) is 4.48. The molecule has 0 radical (unpaired) electrons. The molecule has 0 saturated carbocycles. The predicted molar refractivity (Wildman–Crippen MR) is 86.8 cm³/mol. The number of nitrogens with one attached hydrogen (secondary N) is 1. The Morgan fingerprint density at radius 3 is 2.84 bits per heavy atom. The summed E-state index contributed by atoms with van der Waals surface area (Å²) in [5, 5.41) is 0. The maximum atomic E-state index is 4.63. The van der Waals surface area contributed by atoms with Crippen molar-refractivity contribution in [3.63, 3.8) is 0 Å². The summed E-state index contributed by atoms with van der Waals surface area (Å²) < 4.78 is 5.96. The molecule has 0 amide bonds. The van der Waals surface area contributed by atoms with Gasteiger partial charge in [-0.05, 0) is 36.9 Å². The van der Waals surface area contributed by atoms with Crippen molar-refractivity contribution < 1.29 is 0 Å². The highest BCUT2D eigenvalue weighted by atomic mass is 32.2. The van der Waals surface area contributed by atoms with Gasteiger partial charge in [0.05, 0.1) is 10.2 Å². The highest BCUT2D eigenvalue weighted by Crippen LogP contribution is 2.28. The molecule has 19 heavy (non-hydrogen) atoms. The van der Waals surface area contributed by atoms with Crippen molar-refractivity contribution in [2.45, 2.75) is 56.3 Å². The zero-order valence-corrected chi connectivity index (χ0v) is 13.3. The number of benzene rings is 1. The molecule has 1 N–H and O–H groups in total. The third-order valence-corrected chi connectivity index (χ3v) is 5.28. The number of aromatic nitrogens is 1. The van der Waals surface area contributed by atoms with Crippen molar-refractivity contribution in [1.82, 2.24) is 9.71 Å². The van der Waals surface area contributed by atoms with Gasteiger partial charge in [0.25, 0.3) is 0 Å². The van der Waals surface area contributed by atoms with Gasteiger partial charge in [0.15, 0.2) is 4.34 Å². The van der Waals surface area contributed by atoms with Crippen LogP contribution in [0.25, 0.3) is 10.2 Å². The Bertz CT molecular complexity index is 463. The van der Waals surface area contributed by atoms with Gasteiger partial charge >= 0.3 is 0 Å². The molecule has 1 aromatic heterocycles. The maximum Gasteiger partial charge on any atom is 0.166 e. The average molecular weight is 294 g/mol. The van der Waals surface area contributed by atoms with E-state index in [2.05, 4.69) is 41.8 Å². The summed E-state index contributed by atoms with van der Waals surface area (Å²) in [6.45, 7) is 4.51. The molecule has 0 aliphatic rings. The number of unbranched alkanes of at least 4 members (excludes halogenated alkanes) is 2. The van der Waals surface area contributed by atoms with Crippen LogP contribution in [0.2, 0.25) is 0 Å². The van der Waals surface area contributed by atoms with Crippen molar-refractivity contribution in [3.8, 4) is 0 Å². The zero-order chi connectivity index (χ0) is 13.5. The molecule has 2 rings (SSSR count). The van der Waals surface area contributed by atoms with Gasteiger partial charge in [0.2, 0.25) is 0 Å². The Kier molecular flexibility index (Phi) is 6.14. The smallest absolute Gasteiger partial charge is 0.166 e. The molecule has 2 nitrogen and oxygen atoms in total. The molecule has 0 aliphatic carbocycles. The van der Waals surface area contributed by atoms with Gasteiger partial charge in [-0.25, -0.2) is 4.98 Å². The van der Waals surface area contributed by atoms with E-state index >= 15 is 0 Å². The SMILES string of the molecule is CCCCCC(CC)NSc1nc2ccccc2s1. The van der Waals surface area contributed by atoms with Gasteiger partial charge in [-0.1, -0.05) is 45.2 Å². The van der Waals surface area contributed by atoms with Crippen LogP contribution in [0, 0.1) is 0 Å². The number of para-hydroxylation sites is 1. The third-order valence-electron chi connectivity index (χ3n) is 3.24. The highest BCUT2D eigenvalue weighted by Gasteiger charge is 2.08. The van der Waals surface area contributed by atoms with Crippen molar-refractivity contribution >= 4 is 33.5 Å². The van der Waals surface area contributed by atoms with E-state index in [0.29, 0.717) is 6.04 Å². The summed E-state index contributed by atoms with van der Waals surface area (Å²) in [4.78, 5) is 4.63. The first-order valence-corrected chi connectivity index (χ1v) is 8.74. The predicted octanol–water partition coefficient (Wildman–Crippen LogP) is 5.25. The number of rotatable bonds is 8. The standard InChI is InChI=1S/C15H22N2S2/c1-3-5-6-9-12(4-2)17-19-15-16-13-10-7-8-11-14(13)18-15/h7-8,10-12,17H,3-6,9H2,1-2H3. The van der Waals surface area contributed by atoms with E-state index in [9.17, 15) is 0 Å². The summed E-state index contributed by atoms with van der Waals surface area (Å²) in [6, 6.07) is 8.93. The molecule has 0 saturated heterocycles. The quantitative estimate of drug-likeness (QED) is 0.531. The lowest BCUT2D eigenvalue weighted by Crippen LogP contribution is -2.21. The van der Waals surface area contributed by atoms with E-state index in [1.807, 2.05) is 6.07 Å². The lowest BCUT2D eigenvalue weighted by Gasteiger charge is -2.14. The van der Waals surface area contributed by atoms with Crippen LogP contribution in [0.15, 0.2) is 28.6 Å². The van der Waals surface area contributed by atoms with Crippen LogP contribution in [0.5, 0.6) is 0 Å². The summed E-state index contributed by atoms with van der Waals surface area (Å²) in [7, 11) is 0. The zero-order valence-electron chi connectivity index (χ0n) is 11.7. The number of hydrogen-bond acceptors (Lipinski definition) is 4. The minimum Gasteiger partial charge on any atom is -0.255 e. The Balaban J connectivity index is 1.86. The minimum absolute atomic E-state index is 0.601. The van der Waals surface area contributed by atoms with Crippen molar-refractivity contribution in [2.24, 2.45) is 0 Å². The van der Waals surface area contributed by atoms with Gasteiger partial charge in [-0.3, -0.25) is 4.72 Å². The van der Waals surface area contributed by atoms with Gasteiger partial charge in [-0.15, -0.1) is 11.3 Å². The number of fused-ring (bicyclic) bond motifs is 1. The van der Waals surface area contributed by atoms with Crippen LogP contribution in [0.4, 0.5) is 0 Å². The van der Waals surface area contributed by atoms with E-state index in [-0.39, 0.29) is 0 Å². The van der Waals surface area contributed by atoms with E-state index in [4.69, 9.17) is 0 Å². The molecule has 1 heterocycles. The van der Waals surface area contributed by atoms with Crippen LogP contribution >= 0.6 is 23.3 Å². The molecule has 0 bridgehead atoms. The normalized spacial score (nSPS) is 12.9. The fourth-order valence-electron chi connectivity index (χ4n) is 2.02. The highest BCUT2D eigenvalue weighted by molar-refractivity contribution is 7.99. The first-order chi connectivity index (χ1) is 9.33. The Hall–Kier alpha value is -0.580. The fourth-order valence-corrected chi connectivity index (χ4v) is 3.99. The molecular formula is C15H22N2S2. The molecule has 104 valence electrons. The summed E-state index contributed by atoms with van der Waals surface area (Å²) >= 11 is 3.46. The summed E-state index contributed by atoms with van der Waals surface area (Å²) in [5.74, 6) is 0. The topological polar surface area (TPSA) is 24.9 Å².